The van der Waals surface area contributed by atoms with Crippen LogP contribution in [0.15, 0.2) is 29.2 Å². The standard InChI is InChI=1S/C16H25N3O6S2/c1-12-9-19(10-13(2)25-12)27(23,24)15-7-5-14(6-8-15)17-16(20)11-18(3)26(4,21)22/h5-8,12-13H,9-11H2,1-4H3,(H,17,20). The van der Waals surface area contributed by atoms with Crippen LogP contribution in [0.25, 0.3) is 0 Å². The van der Waals surface area contributed by atoms with Crippen molar-refractivity contribution in [3.8, 4) is 0 Å². The first-order chi connectivity index (χ1) is 12.4. The van der Waals surface area contributed by atoms with Gasteiger partial charge in [0.1, 0.15) is 0 Å². The van der Waals surface area contributed by atoms with E-state index in [0.29, 0.717) is 5.69 Å². The van der Waals surface area contributed by atoms with E-state index >= 15 is 0 Å². The molecule has 0 spiro atoms. The lowest BCUT2D eigenvalue weighted by atomic mass is 10.3. The van der Waals surface area contributed by atoms with Gasteiger partial charge in [-0.2, -0.15) is 8.61 Å². The van der Waals surface area contributed by atoms with Crippen LogP contribution in [0.1, 0.15) is 13.8 Å². The number of carbonyl (C=O) groups excluding carboxylic acids is 1. The summed E-state index contributed by atoms with van der Waals surface area (Å²) in [6.07, 6.45) is 0.635. The van der Waals surface area contributed by atoms with Crippen LogP contribution in [-0.4, -0.2) is 76.5 Å². The Morgan fingerprint density at radius 3 is 2.15 bits per heavy atom. The molecule has 27 heavy (non-hydrogen) atoms. The molecule has 1 amide bonds. The van der Waals surface area contributed by atoms with Gasteiger partial charge in [0.15, 0.2) is 0 Å². The zero-order valence-corrected chi connectivity index (χ0v) is 17.4. The van der Waals surface area contributed by atoms with E-state index in [1.807, 2.05) is 13.8 Å². The first-order valence-corrected chi connectivity index (χ1v) is 11.7. The molecule has 1 N–H and O–H groups in total. The number of nitrogens with one attached hydrogen (secondary N) is 1. The first-order valence-electron chi connectivity index (χ1n) is 8.36. The van der Waals surface area contributed by atoms with Gasteiger partial charge in [0.25, 0.3) is 0 Å². The maximum atomic E-state index is 12.8. The highest BCUT2D eigenvalue weighted by Gasteiger charge is 2.32. The zero-order chi connectivity index (χ0) is 20.4. The predicted octanol–water partition coefficient (Wildman–Crippen LogP) is 0.314. The smallest absolute Gasteiger partial charge is 0.243 e. The third kappa shape index (κ3) is 5.72. The van der Waals surface area contributed by atoms with Gasteiger partial charge >= 0.3 is 0 Å². The van der Waals surface area contributed by atoms with Crippen molar-refractivity contribution in [2.45, 2.75) is 31.0 Å². The molecule has 2 rings (SSSR count). The monoisotopic (exact) mass is 419 g/mol. The normalized spacial score (nSPS) is 22.0. The molecule has 11 heteroatoms. The Morgan fingerprint density at radius 2 is 1.67 bits per heavy atom. The number of likely N-dealkylation sites (N-methyl/N-ethyl adjacent to an activating group) is 1. The minimum Gasteiger partial charge on any atom is -0.373 e. The van der Waals surface area contributed by atoms with Crippen molar-refractivity contribution < 1.29 is 26.4 Å². The molecule has 1 fully saturated rings. The lowest BCUT2D eigenvalue weighted by Crippen LogP contribution is -2.48. The molecule has 152 valence electrons. The van der Waals surface area contributed by atoms with Crippen molar-refractivity contribution in [2.24, 2.45) is 0 Å². The maximum Gasteiger partial charge on any atom is 0.243 e. The molecule has 0 saturated carbocycles. The number of rotatable bonds is 6. The van der Waals surface area contributed by atoms with Crippen LogP contribution in [-0.2, 0) is 29.6 Å². The van der Waals surface area contributed by atoms with Gasteiger partial charge in [-0.25, -0.2) is 16.8 Å². The van der Waals surface area contributed by atoms with Crippen LogP contribution in [0.3, 0.4) is 0 Å². The highest BCUT2D eigenvalue weighted by molar-refractivity contribution is 7.89. The van der Waals surface area contributed by atoms with E-state index in [9.17, 15) is 21.6 Å². The third-order valence-corrected chi connectivity index (χ3v) is 7.20. The third-order valence-electron chi connectivity index (χ3n) is 4.09. The second-order valence-electron chi connectivity index (χ2n) is 6.67. The van der Waals surface area contributed by atoms with Crippen molar-refractivity contribution in [3.05, 3.63) is 24.3 Å². The summed E-state index contributed by atoms with van der Waals surface area (Å²) >= 11 is 0. The number of anilines is 1. The first kappa shape index (κ1) is 21.8. The maximum absolute atomic E-state index is 12.8. The number of hydrogen-bond acceptors (Lipinski definition) is 6. The molecular weight excluding hydrogens is 394 g/mol. The molecule has 1 aromatic carbocycles. The van der Waals surface area contributed by atoms with Crippen molar-refractivity contribution >= 4 is 31.6 Å². The van der Waals surface area contributed by atoms with Crippen molar-refractivity contribution in [1.29, 1.82) is 0 Å². The summed E-state index contributed by atoms with van der Waals surface area (Å²) in [4.78, 5) is 12.0. The molecule has 1 aliphatic rings. The number of hydrogen-bond donors (Lipinski definition) is 1. The number of morpholine rings is 1. The van der Waals surface area contributed by atoms with Gasteiger partial charge in [-0.05, 0) is 38.1 Å². The van der Waals surface area contributed by atoms with Crippen molar-refractivity contribution in [1.82, 2.24) is 8.61 Å². The van der Waals surface area contributed by atoms with Gasteiger partial charge in [0.2, 0.25) is 26.0 Å². The van der Waals surface area contributed by atoms with Crippen LogP contribution >= 0.6 is 0 Å². The number of nitrogens with zero attached hydrogens (tertiary/aromatic N) is 2. The van der Waals surface area contributed by atoms with Crippen LogP contribution in [0.4, 0.5) is 5.69 Å². The van der Waals surface area contributed by atoms with Gasteiger partial charge < -0.3 is 10.1 Å². The molecule has 0 radical (unpaired) electrons. The summed E-state index contributed by atoms with van der Waals surface area (Å²) in [5.41, 5.74) is 0.379. The number of benzene rings is 1. The second kappa shape index (κ2) is 8.23. The second-order valence-corrected chi connectivity index (χ2v) is 10.7. The fraction of sp³-hybridized carbons (Fsp3) is 0.562. The predicted molar refractivity (Wildman–Crippen MR) is 101 cm³/mol. The highest BCUT2D eigenvalue weighted by Crippen LogP contribution is 2.22. The summed E-state index contributed by atoms with van der Waals surface area (Å²) in [6, 6.07) is 5.77. The molecule has 2 atom stereocenters. The van der Waals surface area contributed by atoms with Crippen LogP contribution < -0.4 is 5.32 Å². The lowest BCUT2D eigenvalue weighted by Gasteiger charge is -2.34. The minimum absolute atomic E-state index is 0.120. The number of sulfonamides is 2. The Balaban J connectivity index is 2.07. The van der Waals surface area contributed by atoms with E-state index < -0.39 is 26.0 Å². The largest absolute Gasteiger partial charge is 0.373 e. The molecule has 0 aromatic heterocycles. The van der Waals surface area contributed by atoms with Crippen molar-refractivity contribution in [3.63, 3.8) is 0 Å². The molecule has 1 aliphatic heterocycles. The summed E-state index contributed by atoms with van der Waals surface area (Å²) < 4.78 is 56.1. The van der Waals surface area contributed by atoms with Crippen LogP contribution in [0, 0.1) is 0 Å². The van der Waals surface area contributed by atoms with Gasteiger partial charge in [0, 0.05) is 25.8 Å². The molecule has 2 unspecified atom stereocenters. The van der Waals surface area contributed by atoms with E-state index in [0.717, 1.165) is 10.6 Å². The van der Waals surface area contributed by atoms with E-state index in [2.05, 4.69) is 5.32 Å². The van der Waals surface area contributed by atoms with E-state index in [1.54, 1.807) is 0 Å². The van der Waals surface area contributed by atoms with E-state index in [-0.39, 0.29) is 36.7 Å². The van der Waals surface area contributed by atoms with Gasteiger partial charge in [-0.1, -0.05) is 0 Å². The number of ether oxygens (including phenoxy) is 1. The fourth-order valence-corrected chi connectivity index (χ4v) is 4.65. The minimum atomic E-state index is -3.66. The average molecular weight is 420 g/mol. The summed E-state index contributed by atoms with van der Waals surface area (Å²) in [5.74, 6) is -0.519. The highest BCUT2D eigenvalue weighted by atomic mass is 32.2. The summed E-state index contributed by atoms with van der Waals surface area (Å²) in [6.45, 7) is 3.88. The van der Waals surface area contributed by atoms with E-state index in [4.69, 9.17) is 4.74 Å². The fourth-order valence-electron chi connectivity index (χ4n) is 2.71. The zero-order valence-electron chi connectivity index (χ0n) is 15.7. The topological polar surface area (TPSA) is 113 Å². The Hall–Kier alpha value is -1.53. The summed E-state index contributed by atoms with van der Waals surface area (Å²) in [5, 5.41) is 2.54. The molecule has 1 heterocycles. The number of amides is 1. The van der Waals surface area contributed by atoms with Gasteiger partial charge in [-0.3, -0.25) is 4.79 Å². The Kier molecular flexibility index (Phi) is 6.63. The Labute approximate surface area is 160 Å². The van der Waals surface area contributed by atoms with Crippen LogP contribution in [0.5, 0.6) is 0 Å². The molecular formula is C16H25N3O6S2. The lowest BCUT2D eigenvalue weighted by molar-refractivity contribution is -0.116. The van der Waals surface area contributed by atoms with Crippen molar-refractivity contribution in [2.75, 3.05) is 38.3 Å². The molecule has 0 bridgehead atoms. The Bertz CT molecular complexity index is 873. The molecule has 1 aromatic rings. The molecule has 0 aliphatic carbocycles. The number of carbonyl (C=O) groups is 1. The molecule has 9 nitrogen and oxygen atoms in total. The molecule has 1 saturated heterocycles. The van der Waals surface area contributed by atoms with Crippen LogP contribution in [0.2, 0.25) is 0 Å². The quantitative estimate of drug-likeness (QED) is 0.710. The van der Waals surface area contributed by atoms with Gasteiger partial charge in [0.05, 0.1) is 29.9 Å². The SMILES string of the molecule is CC1CN(S(=O)(=O)c2ccc(NC(=O)CN(C)S(C)(=O)=O)cc2)CC(C)O1. The summed E-state index contributed by atoms with van der Waals surface area (Å²) in [7, 11) is -5.82. The average Bonchev–Trinajstić information content (AvgIpc) is 2.53. The van der Waals surface area contributed by atoms with E-state index in [1.165, 1.54) is 35.6 Å². The Morgan fingerprint density at radius 1 is 1.15 bits per heavy atom. The van der Waals surface area contributed by atoms with Gasteiger partial charge in [-0.15, -0.1) is 0 Å².